The van der Waals surface area contributed by atoms with Crippen molar-refractivity contribution in [3.8, 4) is 0 Å². The number of hydrogen-bond donors (Lipinski definition) is 1. The van der Waals surface area contributed by atoms with Gasteiger partial charge >= 0.3 is 0 Å². The van der Waals surface area contributed by atoms with Gasteiger partial charge in [0, 0.05) is 13.0 Å². The lowest BCUT2D eigenvalue weighted by Crippen LogP contribution is -2.30. The summed E-state index contributed by atoms with van der Waals surface area (Å²) in [5.41, 5.74) is 0. The third-order valence-corrected chi connectivity index (χ3v) is 6.01. The van der Waals surface area contributed by atoms with Gasteiger partial charge in [-0.15, -0.1) is 10.2 Å². The molecule has 118 valence electrons. The van der Waals surface area contributed by atoms with E-state index in [0.29, 0.717) is 30.5 Å². The summed E-state index contributed by atoms with van der Waals surface area (Å²) < 4.78 is 28.3. The highest BCUT2D eigenvalue weighted by Gasteiger charge is 2.29. The number of nitrogens with zero attached hydrogens (tertiary/aromatic N) is 2. The van der Waals surface area contributed by atoms with E-state index in [1.165, 1.54) is 11.8 Å². The highest BCUT2D eigenvalue weighted by Crippen LogP contribution is 2.25. The van der Waals surface area contributed by atoms with Crippen LogP contribution >= 0.6 is 11.8 Å². The molecule has 0 bridgehead atoms. The molecule has 2 rings (SSSR count). The fourth-order valence-electron chi connectivity index (χ4n) is 2.17. The van der Waals surface area contributed by atoms with Crippen LogP contribution in [0.2, 0.25) is 0 Å². The Balaban J connectivity index is 1.88. The fraction of sp³-hybridized carbons (Fsp3) is 0.750. The number of hydrogen-bond acceptors (Lipinski definition) is 7. The van der Waals surface area contributed by atoms with E-state index in [1.807, 2.05) is 6.92 Å². The van der Waals surface area contributed by atoms with Gasteiger partial charge in [0.25, 0.3) is 5.22 Å². The second-order valence-electron chi connectivity index (χ2n) is 5.09. The summed E-state index contributed by atoms with van der Waals surface area (Å²) in [7, 11) is -2.89. The molecule has 1 aliphatic heterocycles. The van der Waals surface area contributed by atoms with E-state index in [1.54, 1.807) is 6.92 Å². The molecule has 0 saturated carbocycles. The van der Waals surface area contributed by atoms with E-state index in [9.17, 15) is 13.2 Å². The lowest BCUT2D eigenvalue weighted by molar-refractivity contribution is -0.120. The van der Waals surface area contributed by atoms with E-state index < -0.39 is 9.84 Å². The predicted molar refractivity (Wildman–Crippen MR) is 78.8 cm³/mol. The van der Waals surface area contributed by atoms with E-state index in [2.05, 4.69) is 15.5 Å². The van der Waals surface area contributed by atoms with Crippen molar-refractivity contribution in [2.24, 2.45) is 5.92 Å². The van der Waals surface area contributed by atoms with Crippen molar-refractivity contribution in [2.75, 3.05) is 18.1 Å². The second kappa shape index (κ2) is 6.78. The van der Waals surface area contributed by atoms with E-state index in [4.69, 9.17) is 4.42 Å². The van der Waals surface area contributed by atoms with Gasteiger partial charge in [0.2, 0.25) is 11.8 Å². The van der Waals surface area contributed by atoms with Gasteiger partial charge in [-0.2, -0.15) is 0 Å². The first-order valence-corrected chi connectivity index (χ1v) is 9.57. The minimum Gasteiger partial charge on any atom is -0.416 e. The van der Waals surface area contributed by atoms with Crippen LogP contribution in [0.3, 0.4) is 0 Å². The van der Waals surface area contributed by atoms with Crippen LogP contribution in [0.15, 0.2) is 9.64 Å². The van der Waals surface area contributed by atoms with Gasteiger partial charge in [0.05, 0.1) is 16.8 Å². The van der Waals surface area contributed by atoms with Crippen molar-refractivity contribution in [3.63, 3.8) is 0 Å². The molecule has 21 heavy (non-hydrogen) atoms. The highest BCUT2D eigenvalue weighted by molar-refractivity contribution is 8.00. The summed E-state index contributed by atoms with van der Waals surface area (Å²) in [6, 6.07) is 0. The highest BCUT2D eigenvalue weighted by atomic mass is 32.2. The van der Waals surface area contributed by atoms with Crippen LogP contribution < -0.4 is 5.32 Å². The molecule has 1 fully saturated rings. The third-order valence-electron chi connectivity index (χ3n) is 3.24. The number of carbonyl (C=O) groups is 1. The molecule has 0 aliphatic carbocycles. The summed E-state index contributed by atoms with van der Waals surface area (Å²) >= 11 is 1.20. The smallest absolute Gasteiger partial charge is 0.277 e. The number of rotatable bonds is 6. The molecule has 1 saturated heterocycles. The third kappa shape index (κ3) is 4.70. The maximum absolute atomic E-state index is 11.6. The maximum Gasteiger partial charge on any atom is 0.277 e. The quantitative estimate of drug-likeness (QED) is 0.763. The topological polar surface area (TPSA) is 102 Å². The Labute approximate surface area is 128 Å². The van der Waals surface area contributed by atoms with Gasteiger partial charge in [-0.25, -0.2) is 8.42 Å². The molecular formula is C12H19N3O4S2. The Morgan fingerprint density at radius 1 is 1.52 bits per heavy atom. The Bertz CT molecular complexity index is 599. The Morgan fingerprint density at radius 2 is 2.29 bits per heavy atom. The van der Waals surface area contributed by atoms with Crippen molar-refractivity contribution in [2.45, 2.75) is 37.2 Å². The van der Waals surface area contributed by atoms with Crippen molar-refractivity contribution >= 4 is 27.5 Å². The molecule has 2 atom stereocenters. The Kier molecular flexibility index (Phi) is 5.26. The summed E-state index contributed by atoms with van der Waals surface area (Å²) in [6.07, 6.45) is 1.12. The molecule has 2 heterocycles. The molecular weight excluding hydrogens is 314 g/mol. The van der Waals surface area contributed by atoms with Crippen LogP contribution in [-0.2, 0) is 21.1 Å². The normalized spacial score (nSPS) is 22.1. The summed E-state index contributed by atoms with van der Waals surface area (Å²) in [5.74, 6) is 0.829. The van der Waals surface area contributed by atoms with Crippen LogP contribution in [0.5, 0.6) is 0 Å². The number of nitrogens with one attached hydrogen (secondary N) is 1. The summed E-state index contributed by atoms with van der Waals surface area (Å²) in [4.78, 5) is 11.6. The zero-order valence-corrected chi connectivity index (χ0v) is 13.7. The average Bonchev–Trinajstić information content (AvgIpc) is 2.97. The van der Waals surface area contributed by atoms with Crippen LogP contribution in [0.4, 0.5) is 0 Å². The molecule has 1 N–H and O–H groups in total. The number of sulfone groups is 1. The number of amides is 1. The van der Waals surface area contributed by atoms with Gasteiger partial charge in [-0.05, 0) is 26.2 Å². The van der Waals surface area contributed by atoms with E-state index in [0.717, 1.165) is 0 Å². The molecule has 1 aromatic heterocycles. The molecule has 0 spiro atoms. The number of aromatic nitrogens is 2. The lowest BCUT2D eigenvalue weighted by atomic mass is 10.1. The minimum atomic E-state index is -2.89. The molecule has 0 radical (unpaired) electrons. The van der Waals surface area contributed by atoms with Gasteiger partial charge in [-0.3, -0.25) is 4.79 Å². The standard InChI is InChI=1S/C12H19N3O4S2/c1-3-13-11(16)8(2)20-12-15-14-10(19-12)6-9-4-5-21(17,18)7-9/h8-9H,3-7H2,1-2H3,(H,13,16)/t8-,9+/m0/s1. The summed E-state index contributed by atoms with van der Waals surface area (Å²) in [6.45, 7) is 4.20. The first-order chi connectivity index (χ1) is 9.89. The zero-order valence-electron chi connectivity index (χ0n) is 12.0. The molecule has 0 unspecified atom stereocenters. The first kappa shape index (κ1) is 16.3. The zero-order chi connectivity index (χ0) is 15.5. The Hall–Kier alpha value is -1.09. The first-order valence-electron chi connectivity index (χ1n) is 6.87. The average molecular weight is 333 g/mol. The molecule has 1 aromatic rings. The minimum absolute atomic E-state index is 0.0501. The van der Waals surface area contributed by atoms with Gasteiger partial charge < -0.3 is 9.73 Å². The molecule has 9 heteroatoms. The maximum atomic E-state index is 11.6. The lowest BCUT2D eigenvalue weighted by Gasteiger charge is -2.07. The van der Waals surface area contributed by atoms with Crippen LogP contribution in [-0.4, -0.2) is 47.8 Å². The second-order valence-corrected chi connectivity index (χ2v) is 8.61. The van der Waals surface area contributed by atoms with Gasteiger partial charge in [-0.1, -0.05) is 11.8 Å². The van der Waals surface area contributed by atoms with Crippen molar-refractivity contribution in [1.29, 1.82) is 0 Å². The number of thioether (sulfide) groups is 1. The molecule has 7 nitrogen and oxygen atoms in total. The molecule has 1 aliphatic rings. The fourth-order valence-corrected chi connectivity index (χ4v) is 4.76. The van der Waals surface area contributed by atoms with Gasteiger partial charge in [0.15, 0.2) is 9.84 Å². The SMILES string of the molecule is CCNC(=O)[C@H](C)Sc1nnc(C[C@H]2CCS(=O)(=O)C2)o1. The predicted octanol–water partition coefficient (Wildman–Crippen LogP) is 0.664. The van der Waals surface area contributed by atoms with Crippen molar-refractivity contribution in [3.05, 3.63) is 5.89 Å². The number of carbonyl (C=O) groups excluding carboxylic acids is 1. The summed E-state index contributed by atoms with van der Waals surface area (Å²) in [5, 5.41) is 10.6. The molecule has 1 amide bonds. The van der Waals surface area contributed by atoms with Crippen LogP contribution in [0.1, 0.15) is 26.2 Å². The monoisotopic (exact) mass is 333 g/mol. The largest absolute Gasteiger partial charge is 0.416 e. The Morgan fingerprint density at radius 3 is 2.90 bits per heavy atom. The van der Waals surface area contributed by atoms with Crippen LogP contribution in [0.25, 0.3) is 0 Å². The van der Waals surface area contributed by atoms with E-state index >= 15 is 0 Å². The van der Waals surface area contributed by atoms with Crippen molar-refractivity contribution < 1.29 is 17.6 Å². The van der Waals surface area contributed by atoms with Gasteiger partial charge in [0.1, 0.15) is 0 Å². The van der Waals surface area contributed by atoms with E-state index in [-0.39, 0.29) is 28.6 Å². The molecule has 0 aromatic carbocycles. The van der Waals surface area contributed by atoms with Crippen molar-refractivity contribution in [1.82, 2.24) is 15.5 Å². The van der Waals surface area contributed by atoms with Crippen LogP contribution in [0, 0.1) is 5.92 Å².